The van der Waals surface area contributed by atoms with E-state index in [4.69, 9.17) is 5.73 Å². The van der Waals surface area contributed by atoms with Crippen molar-refractivity contribution >= 4 is 27.7 Å². The highest BCUT2D eigenvalue weighted by molar-refractivity contribution is 9.10. The van der Waals surface area contributed by atoms with Gasteiger partial charge in [-0.15, -0.1) is 11.8 Å². The fraction of sp³-hybridized carbons (Fsp3) is 0.500. The first-order valence-electron chi connectivity index (χ1n) is 5.29. The molecule has 84 valence electrons. The Bertz CT molecular complexity index is 286. The SMILES string of the molecule is CCC(C)C(CN)Sc1ccc(Br)cc1. The minimum atomic E-state index is 0.524. The molecule has 1 aromatic rings. The van der Waals surface area contributed by atoms with Crippen LogP contribution in [0.25, 0.3) is 0 Å². The first kappa shape index (κ1) is 13.1. The second-order valence-corrected chi connectivity index (χ2v) is 5.96. The van der Waals surface area contributed by atoms with Crippen molar-refractivity contribution in [1.82, 2.24) is 0 Å². The van der Waals surface area contributed by atoms with Gasteiger partial charge in [0.25, 0.3) is 0 Å². The molecule has 0 aliphatic rings. The fourth-order valence-corrected chi connectivity index (χ4v) is 2.78. The molecule has 0 saturated heterocycles. The third-order valence-electron chi connectivity index (χ3n) is 2.61. The van der Waals surface area contributed by atoms with Gasteiger partial charge >= 0.3 is 0 Å². The van der Waals surface area contributed by atoms with Gasteiger partial charge in [-0.2, -0.15) is 0 Å². The normalized spacial score (nSPS) is 14.9. The Kier molecular flexibility index (Phi) is 5.72. The predicted octanol–water partition coefficient (Wildman–Crippen LogP) is 3.91. The summed E-state index contributed by atoms with van der Waals surface area (Å²) < 4.78 is 1.12. The predicted molar refractivity (Wildman–Crippen MR) is 72.3 cm³/mol. The van der Waals surface area contributed by atoms with Gasteiger partial charge < -0.3 is 5.73 Å². The lowest BCUT2D eigenvalue weighted by molar-refractivity contribution is 0.538. The van der Waals surface area contributed by atoms with E-state index in [1.165, 1.54) is 11.3 Å². The lowest BCUT2D eigenvalue weighted by atomic mass is 10.1. The molecule has 0 saturated carbocycles. The van der Waals surface area contributed by atoms with Crippen LogP contribution in [0.1, 0.15) is 20.3 Å². The summed E-state index contributed by atoms with van der Waals surface area (Å²) in [5, 5.41) is 0.524. The smallest absolute Gasteiger partial charge is 0.0243 e. The number of hydrogen-bond donors (Lipinski definition) is 1. The van der Waals surface area contributed by atoms with Crippen LogP contribution in [-0.2, 0) is 0 Å². The van der Waals surface area contributed by atoms with Crippen LogP contribution in [0.5, 0.6) is 0 Å². The van der Waals surface area contributed by atoms with Crippen LogP contribution in [0.4, 0.5) is 0 Å². The van der Waals surface area contributed by atoms with Gasteiger partial charge in [-0.05, 0) is 30.2 Å². The van der Waals surface area contributed by atoms with Crippen molar-refractivity contribution < 1.29 is 0 Å². The van der Waals surface area contributed by atoms with E-state index in [1.54, 1.807) is 0 Å². The van der Waals surface area contributed by atoms with Crippen molar-refractivity contribution in [2.45, 2.75) is 30.4 Å². The van der Waals surface area contributed by atoms with E-state index >= 15 is 0 Å². The highest BCUT2D eigenvalue weighted by atomic mass is 79.9. The Balaban J connectivity index is 2.62. The molecule has 2 unspecified atom stereocenters. The zero-order chi connectivity index (χ0) is 11.3. The van der Waals surface area contributed by atoms with Gasteiger partial charge in [-0.25, -0.2) is 0 Å². The Hall–Kier alpha value is 0.01000. The molecule has 1 aromatic carbocycles. The molecule has 1 rings (SSSR count). The Morgan fingerprint density at radius 2 is 1.93 bits per heavy atom. The summed E-state index contributed by atoms with van der Waals surface area (Å²) in [6.07, 6.45) is 1.19. The molecule has 0 fully saturated rings. The van der Waals surface area contributed by atoms with Crippen molar-refractivity contribution in [2.75, 3.05) is 6.54 Å². The molecule has 15 heavy (non-hydrogen) atoms. The highest BCUT2D eigenvalue weighted by Gasteiger charge is 2.15. The van der Waals surface area contributed by atoms with Gasteiger partial charge in [-0.3, -0.25) is 0 Å². The van der Waals surface area contributed by atoms with Gasteiger partial charge in [0.2, 0.25) is 0 Å². The second kappa shape index (κ2) is 6.56. The lowest BCUT2D eigenvalue weighted by Crippen LogP contribution is -2.23. The minimum Gasteiger partial charge on any atom is -0.329 e. The van der Waals surface area contributed by atoms with E-state index in [1.807, 2.05) is 11.8 Å². The summed E-state index contributed by atoms with van der Waals surface area (Å²) in [6.45, 7) is 5.23. The van der Waals surface area contributed by atoms with Gasteiger partial charge in [0.1, 0.15) is 0 Å². The number of rotatable bonds is 5. The number of halogens is 1. The summed E-state index contributed by atoms with van der Waals surface area (Å²) in [4.78, 5) is 1.30. The molecule has 2 atom stereocenters. The van der Waals surface area contributed by atoms with Crippen LogP contribution in [0.15, 0.2) is 33.6 Å². The van der Waals surface area contributed by atoms with Gasteiger partial charge in [0.15, 0.2) is 0 Å². The van der Waals surface area contributed by atoms with Crippen LogP contribution in [0.3, 0.4) is 0 Å². The van der Waals surface area contributed by atoms with Crippen molar-refractivity contribution in [3.8, 4) is 0 Å². The molecule has 0 aliphatic carbocycles. The van der Waals surface area contributed by atoms with Crippen molar-refractivity contribution in [3.05, 3.63) is 28.7 Å². The Labute approximate surface area is 105 Å². The number of hydrogen-bond acceptors (Lipinski definition) is 2. The van der Waals surface area contributed by atoms with Crippen molar-refractivity contribution in [2.24, 2.45) is 11.7 Å². The molecule has 0 spiro atoms. The summed E-state index contributed by atoms with van der Waals surface area (Å²) in [5.74, 6) is 0.670. The van der Waals surface area contributed by atoms with Crippen LogP contribution in [0.2, 0.25) is 0 Å². The molecule has 0 aliphatic heterocycles. The van der Waals surface area contributed by atoms with E-state index < -0.39 is 0 Å². The molecule has 0 radical (unpaired) electrons. The first-order chi connectivity index (χ1) is 7.17. The fourth-order valence-electron chi connectivity index (χ4n) is 1.35. The maximum absolute atomic E-state index is 5.80. The van der Waals surface area contributed by atoms with Gasteiger partial charge in [-0.1, -0.05) is 36.2 Å². The maximum Gasteiger partial charge on any atom is 0.0243 e. The zero-order valence-electron chi connectivity index (χ0n) is 9.24. The quantitative estimate of drug-likeness (QED) is 0.831. The van der Waals surface area contributed by atoms with Gasteiger partial charge in [0, 0.05) is 21.2 Å². The van der Waals surface area contributed by atoms with E-state index in [0.717, 1.165) is 11.0 Å². The van der Waals surface area contributed by atoms with Gasteiger partial charge in [0.05, 0.1) is 0 Å². The molecule has 0 heterocycles. The maximum atomic E-state index is 5.80. The molecule has 1 nitrogen and oxygen atoms in total. The second-order valence-electron chi connectivity index (χ2n) is 3.73. The standard InChI is InChI=1S/C12H18BrNS/c1-3-9(2)12(8-14)15-11-6-4-10(13)5-7-11/h4-7,9,12H,3,8,14H2,1-2H3. The third kappa shape index (κ3) is 4.17. The number of benzene rings is 1. The molecule has 0 amide bonds. The first-order valence-corrected chi connectivity index (χ1v) is 6.97. The summed E-state index contributed by atoms with van der Waals surface area (Å²) in [6, 6.07) is 8.43. The number of nitrogens with two attached hydrogens (primary N) is 1. The molecule has 3 heteroatoms. The third-order valence-corrected chi connectivity index (χ3v) is 4.64. The van der Waals surface area contributed by atoms with Crippen LogP contribution < -0.4 is 5.73 Å². The van der Waals surface area contributed by atoms with E-state index in [-0.39, 0.29) is 0 Å². The Morgan fingerprint density at radius 1 is 1.33 bits per heavy atom. The largest absolute Gasteiger partial charge is 0.329 e. The topological polar surface area (TPSA) is 26.0 Å². The summed E-state index contributed by atoms with van der Waals surface area (Å²) in [5.41, 5.74) is 5.80. The zero-order valence-corrected chi connectivity index (χ0v) is 11.6. The van der Waals surface area contributed by atoms with E-state index in [2.05, 4.69) is 54.0 Å². The van der Waals surface area contributed by atoms with E-state index in [0.29, 0.717) is 11.2 Å². The summed E-state index contributed by atoms with van der Waals surface area (Å²) >= 11 is 5.32. The van der Waals surface area contributed by atoms with Crippen molar-refractivity contribution in [1.29, 1.82) is 0 Å². The molecule has 0 bridgehead atoms. The van der Waals surface area contributed by atoms with E-state index in [9.17, 15) is 0 Å². The van der Waals surface area contributed by atoms with Crippen molar-refractivity contribution in [3.63, 3.8) is 0 Å². The molecular weight excluding hydrogens is 270 g/mol. The molecule has 0 aromatic heterocycles. The number of thioether (sulfide) groups is 1. The Morgan fingerprint density at radius 3 is 2.40 bits per heavy atom. The minimum absolute atomic E-state index is 0.524. The lowest BCUT2D eigenvalue weighted by Gasteiger charge is -2.20. The average molecular weight is 288 g/mol. The average Bonchev–Trinajstić information content (AvgIpc) is 2.27. The van der Waals surface area contributed by atoms with Crippen LogP contribution in [0, 0.1) is 5.92 Å². The summed E-state index contributed by atoms with van der Waals surface area (Å²) in [7, 11) is 0. The molecule has 2 N–H and O–H groups in total. The van der Waals surface area contributed by atoms with Crippen LogP contribution >= 0.6 is 27.7 Å². The highest BCUT2D eigenvalue weighted by Crippen LogP contribution is 2.29. The molecular formula is C12H18BrNS. The monoisotopic (exact) mass is 287 g/mol. The van der Waals surface area contributed by atoms with Crippen LogP contribution in [-0.4, -0.2) is 11.8 Å².